The van der Waals surface area contributed by atoms with Crippen molar-refractivity contribution < 1.29 is 19.4 Å². The third-order valence-corrected chi connectivity index (χ3v) is 5.67. The molecule has 1 atom stereocenters. The average molecular weight is 392 g/mol. The summed E-state index contributed by atoms with van der Waals surface area (Å²) in [5, 5.41) is 9.34. The van der Waals surface area contributed by atoms with Crippen LogP contribution in [-0.2, 0) is 11.2 Å². The molecule has 4 rings (SSSR count). The highest BCUT2D eigenvalue weighted by molar-refractivity contribution is 6.13. The number of rotatable bonds is 4. The number of anilines is 1. The molecule has 0 aromatic heterocycles. The highest BCUT2D eigenvalue weighted by Crippen LogP contribution is 2.37. The Morgan fingerprint density at radius 1 is 1.17 bits per heavy atom. The number of ether oxygens (including phenoxy) is 1. The minimum atomic E-state index is -0.636. The molecule has 0 spiro atoms. The summed E-state index contributed by atoms with van der Waals surface area (Å²) in [6.45, 7) is 2.36. The Labute approximate surface area is 170 Å². The van der Waals surface area contributed by atoms with Gasteiger partial charge < -0.3 is 19.6 Å². The smallest absolute Gasteiger partial charge is 0.257 e. The van der Waals surface area contributed by atoms with Gasteiger partial charge in [-0.15, -0.1) is 0 Å². The average Bonchev–Trinajstić information content (AvgIpc) is 3.15. The molecule has 0 saturated heterocycles. The molecule has 2 aromatic carbocycles. The van der Waals surface area contributed by atoms with Crippen LogP contribution < -0.4 is 9.64 Å². The number of aliphatic hydroxyl groups excluding tert-OH is 1. The van der Waals surface area contributed by atoms with Crippen LogP contribution in [0, 0.1) is 6.92 Å². The molecule has 0 fully saturated rings. The summed E-state index contributed by atoms with van der Waals surface area (Å²) in [6, 6.07) is 10.9. The third kappa shape index (κ3) is 3.19. The van der Waals surface area contributed by atoms with Crippen molar-refractivity contribution in [2.24, 2.45) is 0 Å². The summed E-state index contributed by atoms with van der Waals surface area (Å²) >= 11 is 0. The van der Waals surface area contributed by atoms with Crippen LogP contribution in [0.15, 0.2) is 42.5 Å². The lowest BCUT2D eigenvalue weighted by Crippen LogP contribution is -2.43. The molecule has 6 nitrogen and oxygen atoms in total. The number of likely N-dealkylation sites (N-methyl/N-ethyl adjacent to an activating group) is 1. The van der Waals surface area contributed by atoms with Gasteiger partial charge in [0.1, 0.15) is 11.8 Å². The zero-order chi connectivity index (χ0) is 20.7. The largest absolute Gasteiger partial charge is 0.496 e. The monoisotopic (exact) mass is 392 g/mol. The second-order valence-electron chi connectivity index (χ2n) is 7.49. The van der Waals surface area contributed by atoms with Crippen molar-refractivity contribution in [2.75, 3.05) is 32.2 Å². The predicted octanol–water partition coefficient (Wildman–Crippen LogP) is 2.42. The number of carbonyl (C=O) groups is 2. The number of hydrogen-bond donors (Lipinski definition) is 1. The Bertz CT molecular complexity index is 1010. The summed E-state index contributed by atoms with van der Waals surface area (Å²) in [4.78, 5) is 29.7. The van der Waals surface area contributed by atoms with E-state index in [-0.39, 0.29) is 18.4 Å². The molecule has 0 saturated carbocycles. The van der Waals surface area contributed by atoms with Crippen LogP contribution >= 0.6 is 0 Å². The maximum absolute atomic E-state index is 13.4. The van der Waals surface area contributed by atoms with E-state index in [4.69, 9.17) is 4.74 Å². The molecule has 2 aromatic rings. The van der Waals surface area contributed by atoms with Crippen molar-refractivity contribution in [1.82, 2.24) is 4.90 Å². The SMILES string of the molecule is COc1cc2c(cc1CCO)N(C)C(=O)[C@@H]1C=C(c3ccc(C)cc3)CN1C2=O. The van der Waals surface area contributed by atoms with E-state index in [1.807, 2.05) is 37.3 Å². The molecular weight excluding hydrogens is 368 g/mol. The van der Waals surface area contributed by atoms with Gasteiger partial charge in [0.15, 0.2) is 0 Å². The fraction of sp³-hybridized carbons (Fsp3) is 0.304. The number of nitrogens with zero attached hydrogens (tertiary/aromatic N) is 2. The number of carbonyl (C=O) groups excluding carboxylic acids is 2. The Morgan fingerprint density at radius 3 is 2.55 bits per heavy atom. The first-order valence-electron chi connectivity index (χ1n) is 9.62. The predicted molar refractivity (Wildman–Crippen MR) is 111 cm³/mol. The van der Waals surface area contributed by atoms with Crippen LogP contribution in [-0.4, -0.2) is 55.2 Å². The maximum Gasteiger partial charge on any atom is 0.257 e. The standard InChI is InChI=1S/C23H24N2O4/c1-14-4-6-15(7-5-14)17-11-20-23(28)24(2)19-10-16(8-9-26)21(29-3)12-18(19)22(27)25(20)13-17/h4-7,10-12,20,26H,8-9,13H2,1-3H3/t20-/m0/s1. The van der Waals surface area contributed by atoms with Crippen molar-refractivity contribution in [3.8, 4) is 5.75 Å². The van der Waals surface area contributed by atoms with Crippen molar-refractivity contribution >= 4 is 23.1 Å². The summed E-state index contributed by atoms with van der Waals surface area (Å²) in [5.74, 6) is 0.186. The van der Waals surface area contributed by atoms with Gasteiger partial charge in [-0.05, 0) is 48.3 Å². The first-order valence-corrected chi connectivity index (χ1v) is 9.62. The number of amides is 2. The molecule has 1 N–H and O–H groups in total. The van der Waals surface area contributed by atoms with E-state index >= 15 is 0 Å². The van der Waals surface area contributed by atoms with E-state index in [0.29, 0.717) is 30.0 Å². The van der Waals surface area contributed by atoms with Crippen LogP contribution in [0.4, 0.5) is 5.69 Å². The van der Waals surface area contributed by atoms with Gasteiger partial charge in [0.05, 0.1) is 18.4 Å². The highest BCUT2D eigenvalue weighted by Gasteiger charge is 2.41. The fourth-order valence-electron chi connectivity index (χ4n) is 4.01. The van der Waals surface area contributed by atoms with Crippen LogP contribution in [0.1, 0.15) is 27.0 Å². The Balaban J connectivity index is 1.77. The van der Waals surface area contributed by atoms with Crippen molar-refractivity contribution in [1.29, 1.82) is 0 Å². The Hall–Kier alpha value is -3.12. The summed E-state index contributed by atoms with van der Waals surface area (Å²) < 4.78 is 5.43. The van der Waals surface area contributed by atoms with Gasteiger partial charge in [-0.3, -0.25) is 9.59 Å². The molecule has 2 heterocycles. The van der Waals surface area contributed by atoms with Gasteiger partial charge in [-0.2, -0.15) is 0 Å². The lowest BCUT2D eigenvalue weighted by atomic mass is 10.0. The number of benzene rings is 2. The fourth-order valence-corrected chi connectivity index (χ4v) is 4.01. The van der Waals surface area contributed by atoms with Crippen LogP contribution in [0.25, 0.3) is 5.57 Å². The van der Waals surface area contributed by atoms with E-state index in [1.54, 1.807) is 24.1 Å². The molecule has 29 heavy (non-hydrogen) atoms. The molecule has 2 amide bonds. The maximum atomic E-state index is 13.4. The van der Waals surface area contributed by atoms with E-state index in [1.165, 1.54) is 12.0 Å². The van der Waals surface area contributed by atoms with E-state index < -0.39 is 6.04 Å². The van der Waals surface area contributed by atoms with E-state index in [0.717, 1.165) is 22.3 Å². The third-order valence-electron chi connectivity index (χ3n) is 5.67. The van der Waals surface area contributed by atoms with Gasteiger partial charge in [-0.1, -0.05) is 29.8 Å². The summed E-state index contributed by atoms with van der Waals surface area (Å²) in [5.41, 5.74) is 4.89. The second-order valence-corrected chi connectivity index (χ2v) is 7.49. The quantitative estimate of drug-likeness (QED) is 0.868. The molecule has 0 radical (unpaired) electrons. The topological polar surface area (TPSA) is 70.1 Å². The Kier molecular flexibility index (Phi) is 4.88. The van der Waals surface area contributed by atoms with Crippen molar-refractivity contribution in [2.45, 2.75) is 19.4 Å². The molecule has 0 bridgehead atoms. The minimum Gasteiger partial charge on any atom is -0.496 e. The molecule has 2 aliphatic heterocycles. The highest BCUT2D eigenvalue weighted by atomic mass is 16.5. The molecule has 0 aliphatic carbocycles. The first-order chi connectivity index (χ1) is 13.9. The van der Waals surface area contributed by atoms with Gasteiger partial charge in [0.2, 0.25) is 0 Å². The molecule has 2 aliphatic rings. The van der Waals surface area contributed by atoms with E-state index in [9.17, 15) is 14.7 Å². The normalized spacial score (nSPS) is 18.3. The van der Waals surface area contributed by atoms with Crippen LogP contribution in [0.3, 0.4) is 0 Å². The zero-order valence-corrected chi connectivity index (χ0v) is 16.8. The van der Waals surface area contributed by atoms with Gasteiger partial charge >= 0.3 is 0 Å². The minimum absolute atomic E-state index is 0.0435. The lowest BCUT2D eigenvalue weighted by Gasteiger charge is -2.22. The van der Waals surface area contributed by atoms with Crippen molar-refractivity contribution in [3.63, 3.8) is 0 Å². The van der Waals surface area contributed by atoms with Gasteiger partial charge in [0.25, 0.3) is 11.8 Å². The Morgan fingerprint density at radius 2 is 1.90 bits per heavy atom. The summed E-state index contributed by atoms with van der Waals surface area (Å²) in [7, 11) is 3.22. The van der Waals surface area contributed by atoms with Gasteiger partial charge in [0, 0.05) is 20.2 Å². The number of methoxy groups -OCH3 is 1. The van der Waals surface area contributed by atoms with E-state index in [2.05, 4.69) is 0 Å². The molecule has 6 heteroatoms. The molecule has 0 unspecified atom stereocenters. The van der Waals surface area contributed by atoms with Gasteiger partial charge in [-0.25, -0.2) is 0 Å². The molecular formula is C23H24N2O4. The van der Waals surface area contributed by atoms with Crippen LogP contribution in [0.2, 0.25) is 0 Å². The number of hydrogen-bond acceptors (Lipinski definition) is 4. The number of fused-ring (bicyclic) bond motifs is 2. The number of aryl methyl sites for hydroxylation is 1. The van der Waals surface area contributed by atoms with Crippen LogP contribution in [0.5, 0.6) is 5.75 Å². The first kappa shape index (κ1) is 19.2. The lowest BCUT2D eigenvalue weighted by molar-refractivity contribution is -0.120. The summed E-state index contributed by atoms with van der Waals surface area (Å²) in [6.07, 6.45) is 2.27. The second kappa shape index (κ2) is 7.37. The van der Waals surface area contributed by atoms with Crippen molar-refractivity contribution in [3.05, 3.63) is 64.7 Å². The molecule has 150 valence electrons. The zero-order valence-electron chi connectivity index (χ0n) is 16.8. The number of aliphatic hydroxyl groups is 1.